The van der Waals surface area contributed by atoms with Crippen LogP contribution < -0.4 is 5.32 Å². The van der Waals surface area contributed by atoms with Gasteiger partial charge < -0.3 is 10.1 Å². The van der Waals surface area contributed by atoms with E-state index in [-0.39, 0.29) is 0 Å². The number of benzene rings is 2. The van der Waals surface area contributed by atoms with E-state index in [9.17, 15) is 0 Å². The van der Waals surface area contributed by atoms with Crippen LogP contribution >= 0.6 is 31.9 Å². The lowest BCUT2D eigenvalue weighted by Gasteiger charge is -2.08. The van der Waals surface area contributed by atoms with E-state index in [1.165, 1.54) is 5.56 Å². The Morgan fingerprint density at radius 1 is 0.947 bits per heavy atom. The Morgan fingerprint density at radius 3 is 2.47 bits per heavy atom. The van der Waals surface area contributed by atoms with Crippen LogP contribution in [0.2, 0.25) is 0 Å². The molecule has 0 fully saturated rings. The number of nitrogens with one attached hydrogen (secondary N) is 1. The van der Waals surface area contributed by atoms with E-state index in [1.807, 2.05) is 36.4 Å². The van der Waals surface area contributed by atoms with Crippen molar-refractivity contribution in [2.45, 2.75) is 6.61 Å². The third-order valence-electron chi connectivity index (χ3n) is 2.58. The zero-order valence-corrected chi connectivity index (χ0v) is 13.6. The van der Waals surface area contributed by atoms with Gasteiger partial charge in [0.1, 0.15) is 0 Å². The molecule has 0 aliphatic heterocycles. The highest BCUT2D eigenvalue weighted by Gasteiger charge is 1.95. The molecule has 100 valence electrons. The molecule has 2 aromatic rings. The first kappa shape index (κ1) is 14.6. The van der Waals surface area contributed by atoms with E-state index in [0.717, 1.165) is 21.2 Å². The maximum absolute atomic E-state index is 5.63. The Morgan fingerprint density at radius 2 is 1.74 bits per heavy atom. The van der Waals surface area contributed by atoms with Crippen molar-refractivity contribution in [2.75, 3.05) is 18.5 Å². The van der Waals surface area contributed by atoms with E-state index >= 15 is 0 Å². The predicted molar refractivity (Wildman–Crippen MR) is 86.4 cm³/mol. The van der Waals surface area contributed by atoms with Gasteiger partial charge in [0.2, 0.25) is 0 Å². The smallest absolute Gasteiger partial charge is 0.0718 e. The maximum atomic E-state index is 5.63. The van der Waals surface area contributed by atoms with Gasteiger partial charge in [0.15, 0.2) is 0 Å². The molecule has 0 spiro atoms. The lowest BCUT2D eigenvalue weighted by atomic mass is 10.2. The summed E-state index contributed by atoms with van der Waals surface area (Å²) in [5.74, 6) is 0. The molecule has 0 aromatic heterocycles. The number of hydrogen-bond donors (Lipinski definition) is 1. The molecule has 2 rings (SSSR count). The Labute approximate surface area is 130 Å². The van der Waals surface area contributed by atoms with Crippen LogP contribution in [0.15, 0.2) is 57.5 Å². The molecule has 0 atom stereocenters. The standard InChI is InChI=1S/C15H15Br2NO/c16-13-4-6-15(7-5-13)18-8-9-19-11-12-2-1-3-14(17)10-12/h1-7,10,18H,8-9,11H2. The zero-order chi connectivity index (χ0) is 13.5. The van der Waals surface area contributed by atoms with Gasteiger partial charge in [-0.3, -0.25) is 0 Å². The van der Waals surface area contributed by atoms with Crippen LogP contribution in [-0.2, 0) is 11.3 Å². The van der Waals surface area contributed by atoms with Gasteiger partial charge in [0.25, 0.3) is 0 Å². The zero-order valence-electron chi connectivity index (χ0n) is 10.4. The highest BCUT2D eigenvalue weighted by atomic mass is 79.9. The van der Waals surface area contributed by atoms with Crippen LogP contribution in [-0.4, -0.2) is 13.2 Å². The summed E-state index contributed by atoms with van der Waals surface area (Å²) in [7, 11) is 0. The van der Waals surface area contributed by atoms with Gasteiger partial charge in [-0.2, -0.15) is 0 Å². The number of hydrogen-bond acceptors (Lipinski definition) is 2. The highest BCUT2D eigenvalue weighted by Crippen LogP contribution is 2.14. The maximum Gasteiger partial charge on any atom is 0.0718 e. The summed E-state index contributed by atoms with van der Waals surface area (Å²) >= 11 is 6.86. The number of anilines is 1. The molecule has 0 amide bonds. The molecule has 1 N–H and O–H groups in total. The average molecular weight is 385 g/mol. The average Bonchev–Trinajstić information content (AvgIpc) is 2.41. The van der Waals surface area contributed by atoms with E-state index < -0.39 is 0 Å². The third kappa shape index (κ3) is 5.35. The fourth-order valence-electron chi connectivity index (χ4n) is 1.65. The van der Waals surface area contributed by atoms with Crippen LogP contribution in [0, 0.1) is 0 Å². The van der Waals surface area contributed by atoms with Gasteiger partial charge in [0, 0.05) is 21.2 Å². The van der Waals surface area contributed by atoms with Gasteiger partial charge in [-0.15, -0.1) is 0 Å². The Hall–Kier alpha value is -0.840. The van der Waals surface area contributed by atoms with Crippen molar-refractivity contribution in [3.05, 3.63) is 63.0 Å². The van der Waals surface area contributed by atoms with Crippen molar-refractivity contribution >= 4 is 37.5 Å². The number of halogens is 2. The van der Waals surface area contributed by atoms with Crippen molar-refractivity contribution in [2.24, 2.45) is 0 Å². The first-order valence-electron chi connectivity index (χ1n) is 6.06. The molecule has 4 heteroatoms. The largest absolute Gasteiger partial charge is 0.383 e. The third-order valence-corrected chi connectivity index (χ3v) is 3.60. The van der Waals surface area contributed by atoms with Crippen molar-refractivity contribution in [3.8, 4) is 0 Å². The topological polar surface area (TPSA) is 21.3 Å². The van der Waals surface area contributed by atoms with Gasteiger partial charge in [0.05, 0.1) is 13.2 Å². The molecule has 2 aromatic carbocycles. The molecule has 0 aliphatic carbocycles. The summed E-state index contributed by atoms with van der Waals surface area (Å²) in [6, 6.07) is 16.3. The Bertz CT molecular complexity index is 514. The van der Waals surface area contributed by atoms with E-state index in [4.69, 9.17) is 4.74 Å². The Kier molecular flexibility index (Phi) is 5.89. The number of ether oxygens (including phenoxy) is 1. The highest BCUT2D eigenvalue weighted by molar-refractivity contribution is 9.10. The number of rotatable bonds is 6. The molecule has 0 heterocycles. The first-order chi connectivity index (χ1) is 9.24. The van der Waals surface area contributed by atoms with Gasteiger partial charge in [-0.25, -0.2) is 0 Å². The van der Waals surface area contributed by atoms with Crippen LogP contribution in [0.1, 0.15) is 5.56 Å². The predicted octanol–water partition coefficient (Wildman–Crippen LogP) is 4.84. The van der Waals surface area contributed by atoms with Crippen molar-refractivity contribution in [3.63, 3.8) is 0 Å². The van der Waals surface area contributed by atoms with Crippen molar-refractivity contribution in [1.29, 1.82) is 0 Å². The summed E-state index contributed by atoms with van der Waals surface area (Å²) in [6.07, 6.45) is 0. The van der Waals surface area contributed by atoms with E-state index in [1.54, 1.807) is 0 Å². The van der Waals surface area contributed by atoms with Gasteiger partial charge in [-0.1, -0.05) is 44.0 Å². The molecule has 0 unspecified atom stereocenters. The molecule has 19 heavy (non-hydrogen) atoms. The fraction of sp³-hybridized carbons (Fsp3) is 0.200. The molecule has 0 aliphatic rings. The second kappa shape index (κ2) is 7.68. The molecule has 2 nitrogen and oxygen atoms in total. The Balaban J connectivity index is 1.66. The second-order valence-electron chi connectivity index (χ2n) is 4.12. The monoisotopic (exact) mass is 383 g/mol. The quantitative estimate of drug-likeness (QED) is 0.719. The molecule has 0 saturated carbocycles. The summed E-state index contributed by atoms with van der Waals surface area (Å²) < 4.78 is 7.80. The van der Waals surface area contributed by atoms with Crippen molar-refractivity contribution < 1.29 is 4.74 Å². The second-order valence-corrected chi connectivity index (χ2v) is 5.95. The lowest BCUT2D eigenvalue weighted by molar-refractivity contribution is 0.130. The van der Waals surface area contributed by atoms with Crippen LogP contribution in [0.3, 0.4) is 0 Å². The molecular weight excluding hydrogens is 370 g/mol. The fourth-order valence-corrected chi connectivity index (χ4v) is 2.36. The summed E-state index contributed by atoms with van der Waals surface area (Å²) in [5.41, 5.74) is 2.28. The summed E-state index contributed by atoms with van der Waals surface area (Å²) in [4.78, 5) is 0. The molecular formula is C15H15Br2NO. The summed E-state index contributed by atoms with van der Waals surface area (Å²) in [6.45, 7) is 2.12. The normalized spacial score (nSPS) is 10.4. The molecule has 0 radical (unpaired) electrons. The van der Waals surface area contributed by atoms with Crippen molar-refractivity contribution in [1.82, 2.24) is 0 Å². The van der Waals surface area contributed by atoms with E-state index in [2.05, 4.69) is 49.3 Å². The molecule has 0 bridgehead atoms. The minimum Gasteiger partial charge on any atom is -0.383 e. The minimum absolute atomic E-state index is 0.640. The van der Waals surface area contributed by atoms with Gasteiger partial charge >= 0.3 is 0 Å². The lowest BCUT2D eigenvalue weighted by Crippen LogP contribution is -2.09. The van der Waals surface area contributed by atoms with Gasteiger partial charge in [-0.05, 0) is 42.0 Å². The van der Waals surface area contributed by atoms with E-state index in [0.29, 0.717) is 13.2 Å². The van der Waals surface area contributed by atoms with Crippen LogP contribution in [0.5, 0.6) is 0 Å². The summed E-state index contributed by atoms with van der Waals surface area (Å²) in [5, 5.41) is 3.31. The van der Waals surface area contributed by atoms with Crippen LogP contribution in [0.4, 0.5) is 5.69 Å². The van der Waals surface area contributed by atoms with Crippen LogP contribution in [0.25, 0.3) is 0 Å². The minimum atomic E-state index is 0.640. The SMILES string of the molecule is Brc1ccc(NCCOCc2cccc(Br)c2)cc1. The molecule has 0 saturated heterocycles. The first-order valence-corrected chi connectivity index (χ1v) is 7.64.